The number of alkyl halides is 3. The number of ether oxygens (including phenoxy) is 1. The van der Waals surface area contributed by atoms with Gasteiger partial charge in [0.2, 0.25) is 0 Å². The Morgan fingerprint density at radius 1 is 1.08 bits per heavy atom. The number of halogens is 3. The van der Waals surface area contributed by atoms with E-state index < -0.39 is 6.36 Å². The molecule has 4 nitrogen and oxygen atoms in total. The molecule has 124 valence electrons. The molecule has 0 aliphatic heterocycles. The highest BCUT2D eigenvalue weighted by atomic mass is 32.2. The number of hydrogen-bond acceptors (Lipinski definition) is 4. The minimum atomic E-state index is -4.70. The summed E-state index contributed by atoms with van der Waals surface area (Å²) in [6, 6.07) is 12.6. The van der Waals surface area contributed by atoms with E-state index in [4.69, 9.17) is 0 Å². The standard InChI is InChI=1S/C16H11F3N2O2S/c17-16(18,19)23-11-7-5-10(6-8-11)9-24-15-20-13-4-2-1-3-12(13)14(22)21-15/h1-8H,9H2,(H,20,21,22). The molecule has 1 N–H and O–H groups in total. The third kappa shape index (κ3) is 4.08. The molecule has 1 heterocycles. The van der Waals surface area contributed by atoms with E-state index in [1.54, 1.807) is 24.3 Å². The van der Waals surface area contributed by atoms with E-state index in [-0.39, 0.29) is 11.3 Å². The normalized spacial score (nSPS) is 11.6. The summed E-state index contributed by atoms with van der Waals surface area (Å²) in [5, 5.41) is 0.963. The van der Waals surface area contributed by atoms with Crippen LogP contribution in [0.5, 0.6) is 5.75 Å². The molecule has 0 saturated heterocycles. The maximum Gasteiger partial charge on any atom is 0.573 e. The largest absolute Gasteiger partial charge is 0.573 e. The summed E-state index contributed by atoms with van der Waals surface area (Å²) in [7, 11) is 0. The van der Waals surface area contributed by atoms with Crippen LogP contribution in [0.1, 0.15) is 5.56 Å². The zero-order valence-corrected chi connectivity index (χ0v) is 12.9. The fourth-order valence-electron chi connectivity index (χ4n) is 2.07. The highest BCUT2D eigenvalue weighted by Gasteiger charge is 2.30. The Morgan fingerprint density at radius 2 is 1.79 bits per heavy atom. The van der Waals surface area contributed by atoms with Crippen molar-refractivity contribution in [3.05, 3.63) is 64.4 Å². The van der Waals surface area contributed by atoms with E-state index in [0.29, 0.717) is 21.8 Å². The monoisotopic (exact) mass is 352 g/mol. The molecule has 0 bridgehead atoms. The lowest BCUT2D eigenvalue weighted by Gasteiger charge is -2.09. The molecule has 0 aliphatic rings. The van der Waals surface area contributed by atoms with Crippen molar-refractivity contribution in [2.45, 2.75) is 17.3 Å². The Balaban J connectivity index is 1.71. The molecule has 0 radical (unpaired) electrons. The molecule has 2 aromatic carbocycles. The summed E-state index contributed by atoms with van der Waals surface area (Å²) < 4.78 is 40.1. The van der Waals surface area contributed by atoms with Crippen LogP contribution in [-0.2, 0) is 5.75 Å². The number of aromatic nitrogens is 2. The zero-order valence-electron chi connectivity index (χ0n) is 12.1. The second-order valence-electron chi connectivity index (χ2n) is 4.87. The third-order valence-corrected chi connectivity index (χ3v) is 4.07. The maximum atomic E-state index is 12.1. The second kappa shape index (κ2) is 6.56. The molecule has 0 atom stereocenters. The van der Waals surface area contributed by atoms with Gasteiger partial charge in [-0.15, -0.1) is 13.2 Å². The van der Waals surface area contributed by atoms with Crippen molar-refractivity contribution in [3.8, 4) is 5.75 Å². The van der Waals surface area contributed by atoms with Crippen molar-refractivity contribution in [1.82, 2.24) is 9.97 Å². The first-order valence-corrected chi connectivity index (χ1v) is 7.86. The van der Waals surface area contributed by atoms with Gasteiger partial charge in [-0.05, 0) is 29.8 Å². The molecule has 3 rings (SSSR count). The van der Waals surface area contributed by atoms with Gasteiger partial charge in [0.1, 0.15) is 5.75 Å². The van der Waals surface area contributed by atoms with Crippen molar-refractivity contribution < 1.29 is 17.9 Å². The number of nitrogens with one attached hydrogen (secondary N) is 1. The number of hydrogen-bond donors (Lipinski definition) is 1. The van der Waals surface area contributed by atoms with E-state index in [0.717, 1.165) is 5.56 Å². The number of H-pyrrole nitrogens is 1. The topological polar surface area (TPSA) is 55.0 Å². The van der Waals surface area contributed by atoms with Crippen LogP contribution in [-0.4, -0.2) is 16.3 Å². The number of fused-ring (bicyclic) bond motifs is 1. The Bertz CT molecular complexity index is 908. The molecule has 0 fully saturated rings. The quantitative estimate of drug-likeness (QED) is 0.567. The van der Waals surface area contributed by atoms with Crippen LogP contribution in [0.2, 0.25) is 0 Å². The van der Waals surface area contributed by atoms with Gasteiger partial charge in [-0.25, -0.2) is 4.98 Å². The van der Waals surface area contributed by atoms with Crippen molar-refractivity contribution >= 4 is 22.7 Å². The maximum absolute atomic E-state index is 12.1. The van der Waals surface area contributed by atoms with Crippen LogP contribution >= 0.6 is 11.8 Å². The number of benzene rings is 2. The first-order valence-electron chi connectivity index (χ1n) is 6.87. The Kier molecular flexibility index (Phi) is 4.48. The molecule has 24 heavy (non-hydrogen) atoms. The van der Waals surface area contributed by atoms with E-state index in [9.17, 15) is 18.0 Å². The molecule has 0 unspecified atom stereocenters. The fraction of sp³-hybridized carbons (Fsp3) is 0.125. The molecule has 3 aromatic rings. The van der Waals surface area contributed by atoms with Gasteiger partial charge >= 0.3 is 6.36 Å². The predicted molar refractivity (Wildman–Crippen MR) is 85.0 cm³/mol. The minimum Gasteiger partial charge on any atom is -0.406 e. The fourth-order valence-corrected chi connectivity index (χ4v) is 2.90. The van der Waals surface area contributed by atoms with Gasteiger partial charge in [0, 0.05) is 5.75 Å². The predicted octanol–water partition coefficient (Wildman–Crippen LogP) is 4.11. The van der Waals surface area contributed by atoms with Gasteiger partial charge in [-0.2, -0.15) is 0 Å². The van der Waals surface area contributed by atoms with Gasteiger partial charge in [-0.3, -0.25) is 4.79 Å². The van der Waals surface area contributed by atoms with Crippen LogP contribution in [0.4, 0.5) is 13.2 Å². The van der Waals surface area contributed by atoms with Crippen molar-refractivity contribution in [2.75, 3.05) is 0 Å². The first kappa shape index (κ1) is 16.4. The summed E-state index contributed by atoms with van der Waals surface area (Å²) in [5.74, 6) is 0.182. The van der Waals surface area contributed by atoms with Crippen LogP contribution in [0, 0.1) is 0 Å². The average molecular weight is 352 g/mol. The smallest absolute Gasteiger partial charge is 0.406 e. The number of thioether (sulfide) groups is 1. The summed E-state index contributed by atoms with van der Waals surface area (Å²) in [4.78, 5) is 19.0. The molecule has 0 spiro atoms. The van der Waals surface area contributed by atoms with Gasteiger partial charge in [-0.1, -0.05) is 36.0 Å². The van der Waals surface area contributed by atoms with Crippen molar-refractivity contribution in [3.63, 3.8) is 0 Å². The molecule has 0 saturated carbocycles. The molecule has 0 amide bonds. The number of nitrogens with zero attached hydrogens (tertiary/aromatic N) is 1. The number of aromatic amines is 1. The van der Waals surface area contributed by atoms with E-state index in [1.807, 2.05) is 0 Å². The Morgan fingerprint density at radius 3 is 2.50 bits per heavy atom. The number of rotatable bonds is 4. The van der Waals surface area contributed by atoms with Crippen molar-refractivity contribution in [2.24, 2.45) is 0 Å². The molecule has 8 heteroatoms. The average Bonchev–Trinajstić information content (AvgIpc) is 2.53. The third-order valence-electron chi connectivity index (χ3n) is 3.12. The highest BCUT2D eigenvalue weighted by Crippen LogP contribution is 2.25. The van der Waals surface area contributed by atoms with Gasteiger partial charge < -0.3 is 9.72 Å². The lowest BCUT2D eigenvalue weighted by Crippen LogP contribution is -2.16. The summed E-state index contributed by atoms with van der Waals surface area (Å²) >= 11 is 1.29. The van der Waals surface area contributed by atoms with Crippen LogP contribution < -0.4 is 10.3 Å². The highest BCUT2D eigenvalue weighted by molar-refractivity contribution is 7.98. The summed E-state index contributed by atoms with van der Waals surface area (Å²) in [6.07, 6.45) is -4.70. The Hall–Kier alpha value is -2.48. The van der Waals surface area contributed by atoms with E-state index in [1.165, 1.54) is 36.0 Å². The lowest BCUT2D eigenvalue weighted by molar-refractivity contribution is -0.274. The summed E-state index contributed by atoms with van der Waals surface area (Å²) in [6.45, 7) is 0. The lowest BCUT2D eigenvalue weighted by atomic mass is 10.2. The van der Waals surface area contributed by atoms with E-state index in [2.05, 4.69) is 14.7 Å². The zero-order chi connectivity index (χ0) is 17.2. The molecular formula is C16H11F3N2O2S. The summed E-state index contributed by atoms with van der Waals surface area (Å²) in [5.41, 5.74) is 1.15. The van der Waals surface area contributed by atoms with Crippen LogP contribution in [0.15, 0.2) is 58.5 Å². The Labute approximate surface area is 138 Å². The van der Waals surface area contributed by atoms with Crippen molar-refractivity contribution in [1.29, 1.82) is 0 Å². The number of para-hydroxylation sites is 1. The van der Waals surface area contributed by atoms with Gasteiger partial charge in [0.05, 0.1) is 10.9 Å². The van der Waals surface area contributed by atoms with Crippen LogP contribution in [0.25, 0.3) is 10.9 Å². The van der Waals surface area contributed by atoms with Crippen LogP contribution in [0.3, 0.4) is 0 Å². The van der Waals surface area contributed by atoms with Gasteiger partial charge in [0.25, 0.3) is 5.56 Å². The van der Waals surface area contributed by atoms with Gasteiger partial charge in [0.15, 0.2) is 5.16 Å². The molecular weight excluding hydrogens is 341 g/mol. The molecule has 0 aliphatic carbocycles. The minimum absolute atomic E-state index is 0.225. The molecule has 1 aromatic heterocycles. The van der Waals surface area contributed by atoms with E-state index >= 15 is 0 Å². The first-order chi connectivity index (χ1) is 11.4. The SMILES string of the molecule is O=c1[nH]c(SCc2ccc(OC(F)(F)F)cc2)nc2ccccc12. The second-order valence-corrected chi connectivity index (χ2v) is 5.83.